The highest BCUT2D eigenvalue weighted by atomic mass is 19.1. The Balaban J connectivity index is 1.66. The Morgan fingerprint density at radius 3 is 2.53 bits per heavy atom. The zero-order valence-electron chi connectivity index (χ0n) is 23.9. The van der Waals surface area contributed by atoms with Gasteiger partial charge in [-0.1, -0.05) is 30.3 Å². The smallest absolute Gasteiger partial charge is 0.335 e. The fraction of sp³-hybridized carbons (Fsp3) is 0.212. The molecule has 10 heteroatoms. The summed E-state index contributed by atoms with van der Waals surface area (Å²) >= 11 is 0. The van der Waals surface area contributed by atoms with Crippen molar-refractivity contribution in [2.24, 2.45) is 12.8 Å². The van der Waals surface area contributed by atoms with Gasteiger partial charge in [-0.15, -0.1) is 0 Å². The number of halogens is 1. The Morgan fingerprint density at radius 2 is 1.86 bits per heavy atom. The van der Waals surface area contributed by atoms with Crippen LogP contribution in [0.3, 0.4) is 0 Å². The number of aliphatic hydroxyl groups is 1. The first kappa shape index (κ1) is 27.9. The highest BCUT2D eigenvalue weighted by Gasteiger charge is 2.35. The van der Waals surface area contributed by atoms with Gasteiger partial charge < -0.3 is 15.8 Å². The van der Waals surface area contributed by atoms with Crippen LogP contribution in [-0.2, 0) is 17.4 Å². The van der Waals surface area contributed by atoms with Crippen molar-refractivity contribution in [3.05, 3.63) is 115 Å². The van der Waals surface area contributed by atoms with E-state index in [4.69, 9.17) is 5.73 Å². The van der Waals surface area contributed by atoms with Gasteiger partial charge in [-0.3, -0.25) is 14.2 Å². The number of para-hydroxylation sites is 1. The maximum absolute atomic E-state index is 14.6. The Labute approximate surface area is 244 Å². The monoisotopic (exact) mass is 577 g/mol. The number of H-pyrrole nitrogens is 1. The topological polar surface area (TPSA) is 147 Å². The quantitative estimate of drug-likeness (QED) is 0.294. The summed E-state index contributed by atoms with van der Waals surface area (Å²) < 4.78 is 16.7. The van der Waals surface area contributed by atoms with Crippen LogP contribution in [0, 0.1) is 24.1 Å². The van der Waals surface area contributed by atoms with Gasteiger partial charge in [-0.2, -0.15) is 5.26 Å². The minimum Gasteiger partial charge on any atom is -0.386 e. The van der Waals surface area contributed by atoms with E-state index in [1.807, 2.05) is 6.07 Å². The van der Waals surface area contributed by atoms with Crippen LogP contribution in [0.4, 0.5) is 4.39 Å². The van der Waals surface area contributed by atoms with Crippen LogP contribution in [0.25, 0.3) is 33.1 Å². The molecule has 0 aliphatic heterocycles. The van der Waals surface area contributed by atoms with Crippen molar-refractivity contribution >= 4 is 33.3 Å². The number of carbonyl (C=O) groups excluding carboxylic acids is 1. The summed E-state index contributed by atoms with van der Waals surface area (Å²) in [5.41, 5.74) is 7.95. The number of aryl methyl sites for hydroxylation is 1. The number of rotatable bonds is 4. The molecule has 5 aromatic rings. The molecule has 4 N–H and O–H groups in total. The average molecular weight is 578 g/mol. The molecule has 1 aliphatic carbocycles. The van der Waals surface area contributed by atoms with Gasteiger partial charge in [0.15, 0.2) is 0 Å². The van der Waals surface area contributed by atoms with Gasteiger partial charge in [0.25, 0.3) is 5.56 Å². The van der Waals surface area contributed by atoms with Gasteiger partial charge >= 0.3 is 5.69 Å². The third-order valence-corrected chi connectivity index (χ3v) is 8.37. The molecular weight excluding hydrogens is 549 g/mol. The molecule has 3 aromatic carbocycles. The van der Waals surface area contributed by atoms with Crippen molar-refractivity contribution in [2.45, 2.75) is 38.7 Å². The minimum atomic E-state index is -1.12. The van der Waals surface area contributed by atoms with E-state index in [9.17, 15) is 29.1 Å². The molecule has 2 aromatic heterocycles. The zero-order chi connectivity index (χ0) is 31.0. The summed E-state index contributed by atoms with van der Waals surface area (Å²) in [6, 6.07) is 16.9. The fourth-order valence-corrected chi connectivity index (χ4v) is 6.16. The second-order valence-corrected chi connectivity index (χ2v) is 11.4. The van der Waals surface area contributed by atoms with Crippen LogP contribution in [0.2, 0.25) is 0 Å². The number of nitrogens with two attached hydrogens (primary N) is 1. The normalized spacial score (nSPS) is 15.1. The first-order chi connectivity index (χ1) is 20.3. The average Bonchev–Trinajstić information content (AvgIpc) is 3.34. The third-order valence-electron chi connectivity index (χ3n) is 8.37. The number of nitrogens with zero attached hydrogens (tertiary/aromatic N) is 3. The van der Waals surface area contributed by atoms with E-state index < -0.39 is 34.5 Å². The van der Waals surface area contributed by atoms with Gasteiger partial charge in [0.05, 0.1) is 34.2 Å². The SMILES string of the molecule is Cc1c(C2=C(C#N)C[C@H](C(N)=O)c3[nH]c4cc(C(C)(C)O)ccc4c32)cccc1-n1c(=O)c2cccc(F)c2n(C)c1=O. The zero-order valence-corrected chi connectivity index (χ0v) is 23.9. The Morgan fingerprint density at radius 1 is 1.14 bits per heavy atom. The minimum absolute atomic E-state index is 0.0484. The second-order valence-electron chi connectivity index (χ2n) is 11.4. The van der Waals surface area contributed by atoms with E-state index in [1.165, 1.54) is 25.2 Å². The van der Waals surface area contributed by atoms with Crippen molar-refractivity contribution in [3.63, 3.8) is 0 Å². The second kappa shape index (κ2) is 9.64. The van der Waals surface area contributed by atoms with Crippen LogP contribution in [0.1, 0.15) is 54.1 Å². The molecule has 0 fully saturated rings. The summed E-state index contributed by atoms with van der Waals surface area (Å²) in [5.74, 6) is -2.06. The number of allylic oxidation sites excluding steroid dienone is 1. The molecule has 0 radical (unpaired) electrons. The number of fused-ring (bicyclic) bond motifs is 4. The van der Waals surface area contributed by atoms with E-state index in [2.05, 4.69) is 11.1 Å². The van der Waals surface area contributed by atoms with Crippen LogP contribution in [0.5, 0.6) is 0 Å². The molecule has 1 amide bonds. The number of aromatic amines is 1. The summed E-state index contributed by atoms with van der Waals surface area (Å²) in [6.07, 6.45) is 0.0555. The molecule has 0 bridgehead atoms. The molecule has 43 heavy (non-hydrogen) atoms. The molecule has 9 nitrogen and oxygen atoms in total. The lowest BCUT2D eigenvalue weighted by atomic mass is 9.78. The predicted molar refractivity (Wildman–Crippen MR) is 161 cm³/mol. The van der Waals surface area contributed by atoms with Gasteiger partial charge in [-0.25, -0.2) is 13.8 Å². The van der Waals surface area contributed by atoms with Gasteiger partial charge in [0.2, 0.25) is 5.91 Å². The number of aromatic nitrogens is 3. The molecule has 0 saturated heterocycles. The number of benzene rings is 3. The fourth-order valence-electron chi connectivity index (χ4n) is 6.16. The largest absolute Gasteiger partial charge is 0.386 e. The molecule has 1 aliphatic rings. The number of amides is 1. The highest BCUT2D eigenvalue weighted by Crippen LogP contribution is 2.46. The van der Waals surface area contributed by atoms with Gasteiger partial charge in [-0.05, 0) is 61.7 Å². The molecular formula is C33H28FN5O4. The molecule has 0 unspecified atom stereocenters. The van der Waals surface area contributed by atoms with Crippen molar-refractivity contribution in [1.82, 2.24) is 14.1 Å². The van der Waals surface area contributed by atoms with Crippen LogP contribution in [0.15, 0.2) is 69.8 Å². The molecule has 0 spiro atoms. The van der Waals surface area contributed by atoms with E-state index in [-0.39, 0.29) is 23.0 Å². The molecule has 216 valence electrons. The lowest BCUT2D eigenvalue weighted by molar-refractivity contribution is -0.119. The highest BCUT2D eigenvalue weighted by molar-refractivity contribution is 6.04. The molecule has 2 heterocycles. The van der Waals surface area contributed by atoms with E-state index >= 15 is 0 Å². The summed E-state index contributed by atoms with van der Waals surface area (Å²) in [4.78, 5) is 43.0. The number of hydrogen-bond acceptors (Lipinski definition) is 5. The van der Waals surface area contributed by atoms with Crippen molar-refractivity contribution in [3.8, 4) is 11.8 Å². The van der Waals surface area contributed by atoms with Crippen molar-refractivity contribution in [2.75, 3.05) is 0 Å². The first-order valence-electron chi connectivity index (χ1n) is 13.7. The standard InChI is InChI=1S/C33H28FN5O4/c1-16-19(7-6-10-25(16)39-31(41)21-8-5-9-23(34)29(21)38(4)32(39)42)26-17(15-35)13-22(30(36)40)28-27(26)20-12-11-18(33(2,3)43)14-24(20)37-28/h5-12,14,22,37,43H,13H2,1-4H3,(H2,36,40)/t22-/m0/s1. The van der Waals surface area contributed by atoms with E-state index in [0.29, 0.717) is 44.6 Å². The Hall–Kier alpha value is -5.27. The molecule has 1 atom stereocenters. The van der Waals surface area contributed by atoms with Crippen molar-refractivity contribution < 1.29 is 14.3 Å². The van der Waals surface area contributed by atoms with E-state index in [0.717, 1.165) is 14.5 Å². The number of nitrogens with one attached hydrogen (secondary N) is 1. The van der Waals surface area contributed by atoms with Crippen LogP contribution < -0.4 is 17.0 Å². The lowest BCUT2D eigenvalue weighted by Crippen LogP contribution is -2.38. The summed E-state index contributed by atoms with van der Waals surface area (Å²) in [6.45, 7) is 5.09. The number of hydrogen-bond donors (Lipinski definition) is 3. The maximum atomic E-state index is 14.6. The number of carbonyl (C=O) groups is 1. The molecule has 6 rings (SSSR count). The third kappa shape index (κ3) is 4.12. The lowest BCUT2D eigenvalue weighted by Gasteiger charge is -2.25. The van der Waals surface area contributed by atoms with Crippen LogP contribution >= 0.6 is 0 Å². The van der Waals surface area contributed by atoms with Crippen LogP contribution in [-0.4, -0.2) is 25.1 Å². The van der Waals surface area contributed by atoms with Gasteiger partial charge in [0, 0.05) is 46.8 Å². The van der Waals surface area contributed by atoms with E-state index in [1.54, 1.807) is 51.1 Å². The maximum Gasteiger partial charge on any atom is 0.335 e. The number of nitriles is 1. The number of primary amides is 1. The Bertz CT molecular complexity index is 2220. The Kier molecular flexibility index (Phi) is 6.25. The predicted octanol–water partition coefficient (Wildman–Crippen LogP) is 4.14. The van der Waals surface area contributed by atoms with Crippen molar-refractivity contribution in [1.29, 1.82) is 5.26 Å². The first-order valence-corrected chi connectivity index (χ1v) is 13.7. The van der Waals surface area contributed by atoms with Gasteiger partial charge in [0.1, 0.15) is 5.82 Å². The molecule has 0 saturated carbocycles. The summed E-state index contributed by atoms with van der Waals surface area (Å²) in [7, 11) is 1.41. The summed E-state index contributed by atoms with van der Waals surface area (Å²) in [5, 5.41) is 21.7.